The van der Waals surface area contributed by atoms with Crippen LogP contribution < -0.4 is 11.1 Å². The lowest BCUT2D eigenvalue weighted by atomic mass is 10.1. The van der Waals surface area contributed by atoms with E-state index in [1.54, 1.807) is 6.92 Å². The maximum Gasteiger partial charge on any atom is 0.220 e. The molecule has 3 N–H and O–H groups in total. The largest absolute Gasteiger partial charge is 0.369 e. The molecule has 0 unspecified atom stereocenters. The lowest BCUT2D eigenvalue weighted by molar-refractivity contribution is -0.123. The Bertz CT molecular complexity index is 314. The van der Waals surface area contributed by atoms with Gasteiger partial charge < -0.3 is 20.9 Å². The number of nitrogens with two attached hydrogens (primary N) is 1. The number of piperazine rings is 1. The summed E-state index contributed by atoms with van der Waals surface area (Å²) in [5, 5.41) is 2.90. The van der Waals surface area contributed by atoms with Crippen molar-refractivity contribution in [3.63, 3.8) is 0 Å². The number of carbonyl (C=O) groups is 2. The summed E-state index contributed by atoms with van der Waals surface area (Å²) in [5.41, 5.74) is 5.16. The molecule has 6 nitrogen and oxygen atoms in total. The van der Waals surface area contributed by atoms with E-state index in [0.717, 1.165) is 39.1 Å². The van der Waals surface area contributed by atoms with Crippen LogP contribution in [0.2, 0.25) is 0 Å². The molecule has 1 heterocycles. The topological polar surface area (TPSA) is 78.7 Å². The average molecular weight is 284 g/mol. The van der Waals surface area contributed by atoms with Gasteiger partial charge in [0.05, 0.1) is 0 Å². The van der Waals surface area contributed by atoms with E-state index in [9.17, 15) is 9.59 Å². The van der Waals surface area contributed by atoms with Crippen molar-refractivity contribution in [1.82, 2.24) is 15.1 Å². The number of carbonyl (C=O) groups excluding carboxylic acids is 2. The Balaban J connectivity index is 2.00. The minimum Gasteiger partial charge on any atom is -0.369 e. The fourth-order valence-electron chi connectivity index (χ4n) is 2.18. The standard InChI is InChI=1S/C14H28N4O2/c1-12(14(15)20)4-5-13(19)16-6-3-7-18-10-8-17(2)9-11-18/h12H,3-11H2,1-2H3,(H2,15,20)(H,16,19)/t12-/m0/s1. The molecule has 0 radical (unpaired) electrons. The number of hydrogen-bond donors (Lipinski definition) is 2. The second-order valence-corrected chi connectivity index (χ2v) is 5.69. The number of nitrogens with zero attached hydrogens (tertiary/aromatic N) is 2. The number of amides is 2. The number of nitrogens with one attached hydrogen (secondary N) is 1. The number of likely N-dealkylation sites (N-methyl/N-ethyl adjacent to an activating group) is 1. The van der Waals surface area contributed by atoms with Crippen LogP contribution in [0.3, 0.4) is 0 Å². The van der Waals surface area contributed by atoms with E-state index in [1.165, 1.54) is 0 Å². The van der Waals surface area contributed by atoms with Gasteiger partial charge in [0, 0.05) is 45.1 Å². The minimum absolute atomic E-state index is 0.0106. The molecular formula is C14H28N4O2. The first-order valence-corrected chi connectivity index (χ1v) is 7.46. The van der Waals surface area contributed by atoms with E-state index in [0.29, 0.717) is 19.4 Å². The van der Waals surface area contributed by atoms with Crippen LogP contribution in [0.15, 0.2) is 0 Å². The van der Waals surface area contributed by atoms with Gasteiger partial charge in [-0.1, -0.05) is 6.92 Å². The van der Waals surface area contributed by atoms with Crippen LogP contribution in [0, 0.1) is 5.92 Å². The third-order valence-corrected chi connectivity index (χ3v) is 3.86. The molecule has 116 valence electrons. The predicted octanol–water partition coefficient (Wildman–Crippen LogP) is -0.358. The molecule has 1 fully saturated rings. The van der Waals surface area contributed by atoms with Gasteiger partial charge in [-0.25, -0.2) is 0 Å². The molecule has 1 saturated heterocycles. The van der Waals surface area contributed by atoms with Gasteiger partial charge in [0.15, 0.2) is 0 Å². The lowest BCUT2D eigenvalue weighted by Gasteiger charge is -2.32. The molecule has 1 atom stereocenters. The van der Waals surface area contributed by atoms with E-state index in [4.69, 9.17) is 5.73 Å². The maximum absolute atomic E-state index is 11.6. The fourth-order valence-corrected chi connectivity index (χ4v) is 2.18. The molecule has 0 spiro atoms. The van der Waals surface area contributed by atoms with Gasteiger partial charge in [0.1, 0.15) is 0 Å². The van der Waals surface area contributed by atoms with Crippen LogP contribution in [0.5, 0.6) is 0 Å². The molecule has 6 heteroatoms. The van der Waals surface area contributed by atoms with Crippen LogP contribution >= 0.6 is 0 Å². The van der Waals surface area contributed by atoms with Crippen LogP contribution in [-0.2, 0) is 9.59 Å². The molecule has 0 aromatic rings. The molecule has 20 heavy (non-hydrogen) atoms. The van der Waals surface area contributed by atoms with E-state index in [-0.39, 0.29) is 17.7 Å². The van der Waals surface area contributed by atoms with Gasteiger partial charge >= 0.3 is 0 Å². The summed E-state index contributed by atoms with van der Waals surface area (Å²) < 4.78 is 0. The Hall–Kier alpha value is -1.14. The second kappa shape index (κ2) is 8.92. The highest BCUT2D eigenvalue weighted by atomic mass is 16.2. The van der Waals surface area contributed by atoms with Gasteiger partial charge in [-0.3, -0.25) is 9.59 Å². The van der Waals surface area contributed by atoms with Gasteiger partial charge in [-0.15, -0.1) is 0 Å². The SMILES string of the molecule is C[C@@H](CCC(=O)NCCCN1CCN(C)CC1)C(N)=O. The summed E-state index contributed by atoms with van der Waals surface area (Å²) >= 11 is 0. The summed E-state index contributed by atoms with van der Waals surface area (Å²) in [5.74, 6) is -0.560. The monoisotopic (exact) mass is 284 g/mol. The Morgan fingerprint density at radius 1 is 1.25 bits per heavy atom. The second-order valence-electron chi connectivity index (χ2n) is 5.69. The molecule has 0 aromatic heterocycles. The highest BCUT2D eigenvalue weighted by Crippen LogP contribution is 2.04. The first-order chi connectivity index (χ1) is 9.49. The normalized spacial score (nSPS) is 18.7. The van der Waals surface area contributed by atoms with Crippen LogP contribution in [0.25, 0.3) is 0 Å². The lowest BCUT2D eigenvalue weighted by Crippen LogP contribution is -2.45. The van der Waals surface area contributed by atoms with Crippen molar-refractivity contribution in [3.8, 4) is 0 Å². The summed E-state index contributed by atoms with van der Waals surface area (Å²) in [6.45, 7) is 7.96. The number of primary amides is 1. The zero-order valence-electron chi connectivity index (χ0n) is 12.7. The third-order valence-electron chi connectivity index (χ3n) is 3.86. The van der Waals surface area contributed by atoms with Crippen molar-refractivity contribution in [2.75, 3.05) is 46.3 Å². The van der Waals surface area contributed by atoms with Crippen molar-refractivity contribution < 1.29 is 9.59 Å². The van der Waals surface area contributed by atoms with Crippen molar-refractivity contribution >= 4 is 11.8 Å². The molecule has 0 saturated carbocycles. The number of rotatable bonds is 8. The van der Waals surface area contributed by atoms with Crippen LogP contribution in [-0.4, -0.2) is 67.9 Å². The minimum atomic E-state index is -0.340. The molecule has 0 aliphatic carbocycles. The first-order valence-electron chi connectivity index (χ1n) is 7.46. The zero-order chi connectivity index (χ0) is 15.0. The predicted molar refractivity (Wildman–Crippen MR) is 79.2 cm³/mol. The number of hydrogen-bond acceptors (Lipinski definition) is 4. The Kier molecular flexibility index (Phi) is 7.54. The van der Waals surface area contributed by atoms with Crippen molar-refractivity contribution in [3.05, 3.63) is 0 Å². The van der Waals surface area contributed by atoms with Crippen molar-refractivity contribution in [2.45, 2.75) is 26.2 Å². The molecule has 1 aliphatic heterocycles. The Morgan fingerprint density at radius 3 is 2.50 bits per heavy atom. The van der Waals surface area contributed by atoms with Crippen molar-refractivity contribution in [2.24, 2.45) is 11.7 Å². The summed E-state index contributed by atoms with van der Waals surface area (Å²) in [4.78, 5) is 27.2. The maximum atomic E-state index is 11.6. The highest BCUT2D eigenvalue weighted by molar-refractivity contribution is 5.79. The fraction of sp³-hybridized carbons (Fsp3) is 0.857. The summed E-state index contributed by atoms with van der Waals surface area (Å²) in [6, 6.07) is 0. The van der Waals surface area contributed by atoms with Crippen molar-refractivity contribution in [1.29, 1.82) is 0 Å². The van der Waals surface area contributed by atoms with Gasteiger partial charge in [-0.2, -0.15) is 0 Å². The van der Waals surface area contributed by atoms with E-state index in [2.05, 4.69) is 22.2 Å². The summed E-state index contributed by atoms with van der Waals surface area (Å²) in [7, 11) is 2.14. The van der Waals surface area contributed by atoms with E-state index < -0.39 is 0 Å². The molecule has 2 amide bonds. The molecule has 0 aromatic carbocycles. The van der Waals surface area contributed by atoms with E-state index >= 15 is 0 Å². The first kappa shape index (κ1) is 16.9. The average Bonchev–Trinajstić information content (AvgIpc) is 2.42. The molecule has 1 aliphatic rings. The van der Waals surface area contributed by atoms with E-state index in [1.807, 2.05) is 0 Å². The van der Waals surface area contributed by atoms with Crippen LogP contribution in [0.4, 0.5) is 0 Å². The molecule has 1 rings (SSSR count). The summed E-state index contributed by atoms with van der Waals surface area (Å²) in [6.07, 6.45) is 1.87. The van der Waals surface area contributed by atoms with Crippen LogP contribution in [0.1, 0.15) is 26.2 Å². The smallest absolute Gasteiger partial charge is 0.220 e. The zero-order valence-corrected chi connectivity index (χ0v) is 12.7. The highest BCUT2D eigenvalue weighted by Gasteiger charge is 2.13. The molecule has 0 bridgehead atoms. The third kappa shape index (κ3) is 6.86. The quantitative estimate of drug-likeness (QED) is 0.597. The Labute approximate surface area is 121 Å². The van der Waals surface area contributed by atoms with Gasteiger partial charge in [-0.05, 0) is 26.4 Å². The van der Waals surface area contributed by atoms with Gasteiger partial charge in [0.2, 0.25) is 11.8 Å². The van der Waals surface area contributed by atoms with Gasteiger partial charge in [0.25, 0.3) is 0 Å². The molecular weight excluding hydrogens is 256 g/mol. The Morgan fingerprint density at radius 2 is 1.90 bits per heavy atom.